The van der Waals surface area contributed by atoms with Crippen molar-refractivity contribution in [1.82, 2.24) is 0 Å². The average molecular weight is 303 g/mol. The van der Waals surface area contributed by atoms with Crippen LogP contribution in [0.1, 0.15) is 5.56 Å². The Morgan fingerprint density at radius 2 is 1.76 bits per heavy atom. The van der Waals surface area contributed by atoms with Crippen LogP contribution in [-0.4, -0.2) is 5.11 Å². The summed E-state index contributed by atoms with van der Waals surface area (Å²) in [5.74, 6) is 0.500. The van der Waals surface area contributed by atoms with Crippen LogP contribution in [0.3, 0.4) is 0 Å². The number of hydrogen-bond donors (Lipinski definition) is 1. The zero-order valence-electron chi connectivity index (χ0n) is 11.0. The average Bonchev–Trinajstić information content (AvgIpc) is 2.46. The molecule has 0 aliphatic carbocycles. The van der Waals surface area contributed by atoms with Gasteiger partial charge in [0, 0.05) is 5.56 Å². The molecule has 0 aliphatic heterocycles. The van der Waals surface area contributed by atoms with Crippen molar-refractivity contribution in [2.45, 2.75) is 6.61 Å². The minimum Gasteiger partial charge on any atom is -0.508 e. The van der Waals surface area contributed by atoms with Crippen LogP contribution in [-0.2, 0) is 6.61 Å². The van der Waals surface area contributed by atoms with Gasteiger partial charge in [0.2, 0.25) is 0 Å². The molecular formula is C17H12ClFO2. The molecule has 0 aromatic heterocycles. The van der Waals surface area contributed by atoms with E-state index in [9.17, 15) is 9.50 Å². The third kappa shape index (κ3) is 3.09. The first kappa shape index (κ1) is 13.7. The van der Waals surface area contributed by atoms with Crippen molar-refractivity contribution >= 4 is 22.4 Å². The van der Waals surface area contributed by atoms with Crippen LogP contribution in [0.15, 0.2) is 54.6 Å². The van der Waals surface area contributed by atoms with Crippen molar-refractivity contribution in [2.24, 2.45) is 0 Å². The Bertz CT molecular complexity index is 802. The van der Waals surface area contributed by atoms with Gasteiger partial charge in [0.15, 0.2) is 0 Å². The standard InChI is InChI=1S/C17H12ClFO2/c18-17-9-14(19)4-1-12(17)10-21-16-6-3-11-2-5-15(20)7-13(11)8-16/h1-9,20H,10H2. The zero-order chi connectivity index (χ0) is 14.8. The summed E-state index contributed by atoms with van der Waals surface area (Å²) in [6, 6.07) is 15.0. The quantitative estimate of drug-likeness (QED) is 0.744. The van der Waals surface area contributed by atoms with Gasteiger partial charge in [-0.25, -0.2) is 4.39 Å². The van der Waals surface area contributed by atoms with Gasteiger partial charge in [0.05, 0.1) is 5.02 Å². The largest absolute Gasteiger partial charge is 0.508 e. The number of rotatable bonds is 3. The van der Waals surface area contributed by atoms with Crippen molar-refractivity contribution in [3.05, 3.63) is 71.0 Å². The zero-order valence-corrected chi connectivity index (χ0v) is 11.8. The van der Waals surface area contributed by atoms with E-state index in [1.165, 1.54) is 12.1 Å². The number of ether oxygens (including phenoxy) is 1. The predicted molar refractivity (Wildman–Crippen MR) is 81.4 cm³/mol. The monoisotopic (exact) mass is 302 g/mol. The van der Waals surface area contributed by atoms with E-state index >= 15 is 0 Å². The van der Waals surface area contributed by atoms with E-state index < -0.39 is 0 Å². The lowest BCUT2D eigenvalue weighted by Crippen LogP contribution is -1.96. The van der Waals surface area contributed by atoms with Crippen LogP contribution in [0.25, 0.3) is 10.8 Å². The van der Waals surface area contributed by atoms with Crippen molar-refractivity contribution in [2.75, 3.05) is 0 Å². The third-order valence-electron chi connectivity index (χ3n) is 3.20. The molecule has 0 saturated heterocycles. The second-order valence-electron chi connectivity index (χ2n) is 4.72. The molecule has 0 radical (unpaired) electrons. The molecule has 106 valence electrons. The summed E-state index contributed by atoms with van der Waals surface area (Å²) in [5, 5.41) is 11.7. The lowest BCUT2D eigenvalue weighted by molar-refractivity contribution is 0.306. The highest BCUT2D eigenvalue weighted by atomic mass is 35.5. The second-order valence-corrected chi connectivity index (χ2v) is 5.12. The molecule has 3 aromatic rings. The molecule has 3 rings (SSSR count). The SMILES string of the molecule is Oc1ccc2ccc(OCc3ccc(F)cc3Cl)cc2c1. The van der Waals surface area contributed by atoms with E-state index in [0.29, 0.717) is 16.3 Å². The number of aromatic hydroxyl groups is 1. The van der Waals surface area contributed by atoms with E-state index in [2.05, 4.69) is 0 Å². The van der Waals surface area contributed by atoms with E-state index in [1.807, 2.05) is 24.3 Å². The molecule has 0 atom stereocenters. The van der Waals surface area contributed by atoms with Gasteiger partial charge in [-0.2, -0.15) is 0 Å². The van der Waals surface area contributed by atoms with Crippen LogP contribution in [0, 0.1) is 5.82 Å². The van der Waals surface area contributed by atoms with Gasteiger partial charge in [-0.15, -0.1) is 0 Å². The molecule has 21 heavy (non-hydrogen) atoms. The fourth-order valence-corrected chi connectivity index (χ4v) is 2.32. The number of benzene rings is 3. The maximum atomic E-state index is 13.0. The molecule has 0 spiro atoms. The molecule has 2 nitrogen and oxygen atoms in total. The highest BCUT2D eigenvalue weighted by molar-refractivity contribution is 6.31. The van der Waals surface area contributed by atoms with Crippen molar-refractivity contribution in [3.8, 4) is 11.5 Å². The molecule has 0 unspecified atom stereocenters. The highest BCUT2D eigenvalue weighted by Crippen LogP contribution is 2.26. The Hall–Kier alpha value is -2.26. The van der Waals surface area contributed by atoms with Gasteiger partial charge in [-0.1, -0.05) is 29.8 Å². The second kappa shape index (κ2) is 5.62. The number of phenolic OH excluding ortho intramolecular Hbond substituents is 1. The maximum Gasteiger partial charge on any atom is 0.124 e. The van der Waals surface area contributed by atoms with Crippen molar-refractivity contribution in [1.29, 1.82) is 0 Å². The van der Waals surface area contributed by atoms with E-state index in [0.717, 1.165) is 10.8 Å². The lowest BCUT2D eigenvalue weighted by Gasteiger charge is -2.09. The molecule has 3 aromatic carbocycles. The molecule has 1 N–H and O–H groups in total. The Balaban J connectivity index is 1.81. The smallest absolute Gasteiger partial charge is 0.124 e. The van der Waals surface area contributed by atoms with Gasteiger partial charge in [-0.05, 0) is 47.2 Å². The molecular weight excluding hydrogens is 291 g/mol. The van der Waals surface area contributed by atoms with Crippen molar-refractivity contribution < 1.29 is 14.2 Å². The highest BCUT2D eigenvalue weighted by Gasteiger charge is 2.04. The van der Waals surface area contributed by atoms with E-state index in [4.69, 9.17) is 16.3 Å². The molecule has 0 bridgehead atoms. The first-order valence-corrected chi connectivity index (χ1v) is 6.79. The summed E-state index contributed by atoms with van der Waals surface area (Å²) in [6.45, 7) is 0.253. The van der Waals surface area contributed by atoms with Gasteiger partial charge in [0.25, 0.3) is 0 Å². The fourth-order valence-electron chi connectivity index (χ4n) is 2.10. The van der Waals surface area contributed by atoms with Gasteiger partial charge >= 0.3 is 0 Å². The Morgan fingerprint density at radius 3 is 2.57 bits per heavy atom. The van der Waals surface area contributed by atoms with Crippen molar-refractivity contribution in [3.63, 3.8) is 0 Å². The van der Waals surface area contributed by atoms with Crippen LogP contribution in [0.4, 0.5) is 4.39 Å². The summed E-state index contributed by atoms with van der Waals surface area (Å²) < 4.78 is 18.6. The minimum atomic E-state index is -0.370. The topological polar surface area (TPSA) is 29.5 Å². The predicted octanol–water partition coefficient (Wildman–Crippen LogP) is 4.92. The maximum absolute atomic E-state index is 13.0. The van der Waals surface area contributed by atoms with Gasteiger partial charge < -0.3 is 9.84 Å². The Labute approximate surface area is 126 Å². The summed E-state index contributed by atoms with van der Waals surface area (Å²) >= 11 is 5.96. The molecule has 0 heterocycles. The summed E-state index contributed by atoms with van der Waals surface area (Å²) in [4.78, 5) is 0. The first-order chi connectivity index (χ1) is 10.1. The van der Waals surface area contributed by atoms with E-state index in [1.54, 1.807) is 18.2 Å². The number of fused-ring (bicyclic) bond motifs is 1. The van der Waals surface area contributed by atoms with Crippen LogP contribution in [0.5, 0.6) is 11.5 Å². The van der Waals surface area contributed by atoms with Crippen LogP contribution < -0.4 is 4.74 Å². The first-order valence-electron chi connectivity index (χ1n) is 6.41. The fraction of sp³-hybridized carbons (Fsp3) is 0.0588. The Kier molecular flexibility index (Phi) is 3.67. The van der Waals surface area contributed by atoms with Crippen LogP contribution >= 0.6 is 11.6 Å². The summed E-state index contributed by atoms with van der Waals surface area (Å²) in [5.41, 5.74) is 0.717. The number of phenols is 1. The number of hydrogen-bond acceptors (Lipinski definition) is 2. The molecule has 4 heteroatoms. The minimum absolute atomic E-state index is 0.209. The molecule has 0 amide bonds. The molecule has 0 aliphatic rings. The normalized spacial score (nSPS) is 10.8. The third-order valence-corrected chi connectivity index (χ3v) is 3.56. The Morgan fingerprint density at radius 1 is 0.952 bits per heavy atom. The number of halogens is 2. The summed E-state index contributed by atoms with van der Waals surface area (Å²) in [6.07, 6.45) is 0. The van der Waals surface area contributed by atoms with Gasteiger partial charge in [-0.3, -0.25) is 0 Å². The van der Waals surface area contributed by atoms with Gasteiger partial charge in [0.1, 0.15) is 23.9 Å². The molecule has 0 fully saturated rings. The van der Waals surface area contributed by atoms with E-state index in [-0.39, 0.29) is 18.2 Å². The van der Waals surface area contributed by atoms with Crippen LogP contribution in [0.2, 0.25) is 5.02 Å². The summed E-state index contributed by atoms with van der Waals surface area (Å²) in [7, 11) is 0. The lowest BCUT2D eigenvalue weighted by atomic mass is 10.1. The molecule has 0 saturated carbocycles.